The first kappa shape index (κ1) is 23.3. The van der Waals surface area contributed by atoms with Crippen LogP contribution in [0.3, 0.4) is 0 Å². The number of nitrogens with one attached hydrogen (secondary N) is 1. The van der Waals surface area contributed by atoms with Gasteiger partial charge >= 0.3 is 0 Å². The zero-order valence-corrected chi connectivity index (χ0v) is 20.6. The normalized spacial score (nSPS) is 21.0. The molecule has 0 unspecified atom stereocenters. The number of hydrogen-bond donors (Lipinski definition) is 1. The fraction of sp³-hybridized carbons (Fsp3) is 0.481. The third-order valence-corrected chi connectivity index (χ3v) is 7.52. The van der Waals surface area contributed by atoms with E-state index in [1.54, 1.807) is 31.4 Å². The fourth-order valence-corrected chi connectivity index (χ4v) is 5.53. The van der Waals surface area contributed by atoms with Gasteiger partial charge in [0, 0.05) is 11.4 Å². The molecule has 0 radical (unpaired) electrons. The lowest BCUT2D eigenvalue weighted by Crippen LogP contribution is -2.64. The summed E-state index contributed by atoms with van der Waals surface area (Å²) in [5.41, 5.74) is 0.124. The van der Waals surface area contributed by atoms with E-state index >= 15 is 0 Å². The summed E-state index contributed by atoms with van der Waals surface area (Å²) in [6.45, 7) is 2.35. The van der Waals surface area contributed by atoms with Crippen LogP contribution in [0.4, 0.5) is 0 Å². The van der Waals surface area contributed by atoms with Crippen LogP contribution >= 0.6 is 0 Å². The molecule has 1 saturated carbocycles. The first-order chi connectivity index (χ1) is 17.0. The minimum absolute atomic E-state index is 0.125. The van der Waals surface area contributed by atoms with E-state index in [1.165, 1.54) is 12.8 Å². The lowest BCUT2D eigenvalue weighted by Gasteiger charge is -2.44. The molecular formula is C27H33N3O5. The molecule has 35 heavy (non-hydrogen) atoms. The number of methoxy groups -OCH3 is 2. The van der Waals surface area contributed by atoms with Crippen molar-refractivity contribution in [1.82, 2.24) is 14.8 Å². The molecule has 186 valence electrons. The van der Waals surface area contributed by atoms with Crippen molar-refractivity contribution < 1.29 is 23.5 Å². The first-order valence-corrected chi connectivity index (χ1v) is 12.4. The molecule has 1 fully saturated rings. The number of fused-ring (bicyclic) bond motifs is 3. The van der Waals surface area contributed by atoms with Gasteiger partial charge in [0.15, 0.2) is 0 Å². The summed E-state index contributed by atoms with van der Waals surface area (Å²) >= 11 is 0. The van der Waals surface area contributed by atoms with Gasteiger partial charge in [-0.05, 0) is 50.1 Å². The van der Waals surface area contributed by atoms with Crippen LogP contribution in [0.1, 0.15) is 61.7 Å². The average Bonchev–Trinajstić information content (AvgIpc) is 3.43. The van der Waals surface area contributed by atoms with Gasteiger partial charge in [-0.15, -0.1) is 0 Å². The summed E-state index contributed by atoms with van der Waals surface area (Å²) in [5.74, 6) is 1.54. The van der Waals surface area contributed by atoms with E-state index in [-0.39, 0.29) is 24.4 Å². The van der Waals surface area contributed by atoms with E-state index in [1.807, 2.05) is 35.8 Å². The number of hydrogen-bond acceptors (Lipinski definition) is 5. The number of furan rings is 1. The number of benzene rings is 1. The van der Waals surface area contributed by atoms with Gasteiger partial charge in [0.1, 0.15) is 28.5 Å². The monoisotopic (exact) mass is 479 g/mol. The quantitative estimate of drug-likeness (QED) is 0.526. The van der Waals surface area contributed by atoms with Gasteiger partial charge in [-0.3, -0.25) is 9.59 Å². The Hall–Kier alpha value is -3.42. The number of rotatable bonds is 6. The molecule has 8 heteroatoms. The van der Waals surface area contributed by atoms with E-state index in [0.29, 0.717) is 29.5 Å². The molecule has 1 atom stereocenters. The zero-order valence-electron chi connectivity index (χ0n) is 20.6. The van der Waals surface area contributed by atoms with Crippen LogP contribution in [0.2, 0.25) is 0 Å². The third kappa shape index (κ3) is 4.05. The predicted molar refractivity (Wildman–Crippen MR) is 132 cm³/mol. The number of carbonyl (C=O) groups excluding carboxylic acids is 2. The molecule has 0 bridgehead atoms. The second kappa shape index (κ2) is 9.32. The van der Waals surface area contributed by atoms with E-state index in [9.17, 15) is 9.59 Å². The maximum atomic E-state index is 14.0. The minimum Gasteiger partial charge on any atom is -0.496 e. The Morgan fingerprint density at radius 3 is 2.49 bits per heavy atom. The zero-order chi connectivity index (χ0) is 24.6. The van der Waals surface area contributed by atoms with Crippen molar-refractivity contribution in [2.75, 3.05) is 14.2 Å². The van der Waals surface area contributed by atoms with Gasteiger partial charge in [0.05, 0.1) is 39.1 Å². The van der Waals surface area contributed by atoms with Crippen LogP contribution in [-0.2, 0) is 17.9 Å². The first-order valence-electron chi connectivity index (χ1n) is 12.4. The molecule has 8 nitrogen and oxygen atoms in total. The minimum atomic E-state index is -1.12. The SMILES string of the molecule is COc1ccc(OC)c2c1cc1n2C[C@](C)(C(=O)NC2CCCCCC2)N(Cc2ccco2)C1=O. The maximum absolute atomic E-state index is 14.0. The smallest absolute Gasteiger partial charge is 0.271 e. The molecule has 3 heterocycles. The predicted octanol–water partition coefficient (Wildman–Crippen LogP) is 4.51. The van der Waals surface area contributed by atoms with Crippen molar-refractivity contribution >= 4 is 22.7 Å². The third-order valence-electron chi connectivity index (χ3n) is 7.52. The van der Waals surface area contributed by atoms with Gasteiger partial charge < -0.3 is 28.7 Å². The molecule has 1 aliphatic carbocycles. The van der Waals surface area contributed by atoms with E-state index < -0.39 is 5.54 Å². The van der Waals surface area contributed by atoms with Gasteiger partial charge in [-0.1, -0.05) is 25.7 Å². The van der Waals surface area contributed by atoms with E-state index in [2.05, 4.69) is 5.32 Å². The highest BCUT2D eigenvalue weighted by Crippen LogP contribution is 2.40. The Bertz CT molecular complexity index is 1220. The molecule has 0 saturated heterocycles. The molecule has 2 amide bonds. The lowest BCUT2D eigenvalue weighted by atomic mass is 9.93. The van der Waals surface area contributed by atoms with Crippen LogP contribution in [0, 0.1) is 0 Å². The topological polar surface area (TPSA) is 85.9 Å². The molecule has 2 aliphatic rings. The number of aromatic nitrogens is 1. The molecule has 2 aromatic heterocycles. The number of amides is 2. The van der Waals surface area contributed by atoms with E-state index in [4.69, 9.17) is 13.9 Å². The Kier molecular flexibility index (Phi) is 6.21. The highest BCUT2D eigenvalue weighted by Gasteiger charge is 2.48. The van der Waals surface area contributed by atoms with Crippen LogP contribution in [-0.4, -0.2) is 47.1 Å². The Balaban J connectivity index is 1.60. The largest absolute Gasteiger partial charge is 0.496 e. The van der Waals surface area contributed by atoms with Crippen molar-refractivity contribution in [1.29, 1.82) is 0 Å². The number of nitrogens with zero attached hydrogens (tertiary/aromatic N) is 2. The maximum Gasteiger partial charge on any atom is 0.271 e. The van der Waals surface area contributed by atoms with Crippen LogP contribution < -0.4 is 14.8 Å². The summed E-state index contributed by atoms with van der Waals surface area (Å²) < 4.78 is 18.7. The van der Waals surface area contributed by atoms with Crippen molar-refractivity contribution in [2.24, 2.45) is 0 Å². The molecular weight excluding hydrogens is 446 g/mol. The van der Waals surface area contributed by atoms with Gasteiger partial charge in [0.2, 0.25) is 5.91 Å². The summed E-state index contributed by atoms with van der Waals surface area (Å²) in [5, 5.41) is 4.07. The molecule has 1 aromatic carbocycles. The molecule has 1 N–H and O–H groups in total. The van der Waals surface area contributed by atoms with E-state index in [0.717, 1.165) is 36.6 Å². The fourth-order valence-electron chi connectivity index (χ4n) is 5.53. The molecule has 1 aliphatic heterocycles. The van der Waals surface area contributed by atoms with Crippen molar-refractivity contribution in [3.63, 3.8) is 0 Å². The van der Waals surface area contributed by atoms with Crippen LogP contribution in [0.25, 0.3) is 10.9 Å². The summed E-state index contributed by atoms with van der Waals surface area (Å²) in [4.78, 5) is 29.6. The van der Waals surface area contributed by atoms with Crippen molar-refractivity contribution in [2.45, 2.75) is 70.1 Å². The molecule has 0 spiro atoms. The Morgan fingerprint density at radius 2 is 1.83 bits per heavy atom. The summed E-state index contributed by atoms with van der Waals surface area (Å²) in [6, 6.07) is 9.23. The number of ether oxygens (including phenoxy) is 2. The highest BCUT2D eigenvalue weighted by atomic mass is 16.5. The van der Waals surface area contributed by atoms with Gasteiger partial charge in [-0.2, -0.15) is 0 Å². The average molecular weight is 480 g/mol. The molecule has 3 aromatic rings. The second-order valence-corrected chi connectivity index (χ2v) is 9.75. The van der Waals surface area contributed by atoms with Crippen LogP contribution in [0.15, 0.2) is 41.0 Å². The summed E-state index contributed by atoms with van der Waals surface area (Å²) in [7, 11) is 3.21. The molecule has 5 rings (SSSR count). The second-order valence-electron chi connectivity index (χ2n) is 9.75. The standard InChI is InChI=1S/C27H33N3O5/c1-27(26(32)28-18-9-6-4-5-7-10-18)17-29-21(25(31)30(27)16-19-11-8-14-35-19)15-20-22(33-2)12-13-23(34-3)24(20)29/h8,11-15,18H,4-7,9-10,16-17H2,1-3H3,(H,28,32)/t27-/m1/s1. The van der Waals surface area contributed by atoms with Gasteiger partial charge in [-0.25, -0.2) is 0 Å². The summed E-state index contributed by atoms with van der Waals surface area (Å²) in [6.07, 6.45) is 8.15. The van der Waals surface area contributed by atoms with Crippen LogP contribution in [0.5, 0.6) is 11.5 Å². The van der Waals surface area contributed by atoms with Gasteiger partial charge in [0.25, 0.3) is 5.91 Å². The Morgan fingerprint density at radius 1 is 1.11 bits per heavy atom. The highest BCUT2D eigenvalue weighted by molar-refractivity contribution is 6.05. The van der Waals surface area contributed by atoms with Crippen molar-refractivity contribution in [3.05, 3.63) is 48.0 Å². The number of carbonyl (C=O) groups is 2. The van der Waals surface area contributed by atoms with Crippen molar-refractivity contribution in [3.8, 4) is 11.5 Å². The lowest BCUT2D eigenvalue weighted by molar-refractivity contribution is -0.134. The Labute approximate surface area is 205 Å².